The highest BCUT2D eigenvalue weighted by molar-refractivity contribution is 7.15. The van der Waals surface area contributed by atoms with Crippen molar-refractivity contribution in [1.29, 1.82) is 0 Å². The molecule has 2 saturated heterocycles. The van der Waals surface area contributed by atoms with Crippen LogP contribution in [0.5, 0.6) is 0 Å². The van der Waals surface area contributed by atoms with E-state index in [4.69, 9.17) is 9.72 Å². The zero-order valence-electron chi connectivity index (χ0n) is 16.3. The van der Waals surface area contributed by atoms with Crippen LogP contribution < -0.4 is 5.32 Å². The first-order valence-electron chi connectivity index (χ1n) is 9.98. The molecule has 150 valence electrons. The summed E-state index contributed by atoms with van der Waals surface area (Å²) in [5.41, 5.74) is 1.71. The maximum absolute atomic E-state index is 12.7. The second kappa shape index (κ2) is 7.78. The van der Waals surface area contributed by atoms with Gasteiger partial charge in [0.05, 0.1) is 40.4 Å². The van der Waals surface area contributed by atoms with E-state index >= 15 is 0 Å². The third kappa shape index (κ3) is 3.88. The van der Waals surface area contributed by atoms with Crippen molar-refractivity contribution in [3.05, 3.63) is 35.6 Å². The Kier molecular flexibility index (Phi) is 4.99. The first-order chi connectivity index (χ1) is 14.2. The van der Waals surface area contributed by atoms with E-state index in [1.807, 2.05) is 31.3 Å². The van der Waals surface area contributed by atoms with Gasteiger partial charge in [0.1, 0.15) is 5.82 Å². The molecule has 7 nitrogen and oxygen atoms in total. The van der Waals surface area contributed by atoms with E-state index in [9.17, 15) is 4.79 Å². The summed E-state index contributed by atoms with van der Waals surface area (Å²) in [6.07, 6.45) is 5.37. The Balaban J connectivity index is 1.28. The molecule has 1 N–H and O–H groups in total. The van der Waals surface area contributed by atoms with E-state index in [-0.39, 0.29) is 11.8 Å². The molecule has 0 saturated carbocycles. The number of amides is 1. The molecular weight excluding hydrogens is 386 g/mol. The summed E-state index contributed by atoms with van der Waals surface area (Å²) >= 11 is 1.62. The fourth-order valence-electron chi connectivity index (χ4n) is 3.89. The van der Waals surface area contributed by atoms with E-state index in [0.29, 0.717) is 11.9 Å². The summed E-state index contributed by atoms with van der Waals surface area (Å²) < 4.78 is 5.28. The number of fused-ring (bicyclic) bond motifs is 1. The van der Waals surface area contributed by atoms with Gasteiger partial charge in [-0.3, -0.25) is 9.69 Å². The molecule has 2 aliphatic rings. The van der Waals surface area contributed by atoms with Gasteiger partial charge in [-0.15, -0.1) is 11.3 Å². The van der Waals surface area contributed by atoms with E-state index in [1.54, 1.807) is 17.5 Å². The number of nitrogens with zero attached hydrogens (tertiary/aromatic N) is 4. The third-order valence-electron chi connectivity index (χ3n) is 5.74. The number of piperidine rings is 1. The molecule has 5 rings (SSSR count). The molecule has 29 heavy (non-hydrogen) atoms. The molecule has 8 heteroatoms. The number of hydrogen-bond acceptors (Lipinski definition) is 7. The van der Waals surface area contributed by atoms with Crippen molar-refractivity contribution in [2.24, 2.45) is 5.92 Å². The van der Waals surface area contributed by atoms with Gasteiger partial charge in [-0.05, 0) is 45.0 Å². The number of carbonyl (C=O) groups excluding carboxylic acids is 1. The molecule has 0 radical (unpaired) electrons. The van der Waals surface area contributed by atoms with Crippen molar-refractivity contribution in [2.45, 2.75) is 25.8 Å². The van der Waals surface area contributed by atoms with Crippen LogP contribution in [0.25, 0.3) is 21.5 Å². The number of carbonyl (C=O) groups is 1. The maximum Gasteiger partial charge on any atom is 0.228 e. The minimum atomic E-state index is 0.0317. The predicted octanol–water partition coefficient (Wildman–Crippen LogP) is 3.11. The number of thiazole rings is 1. The van der Waals surface area contributed by atoms with Crippen LogP contribution in [-0.4, -0.2) is 58.1 Å². The molecule has 0 unspecified atom stereocenters. The molecule has 3 aromatic rings. The highest BCUT2D eigenvalue weighted by Crippen LogP contribution is 2.27. The van der Waals surface area contributed by atoms with Crippen LogP contribution in [0.3, 0.4) is 0 Å². The van der Waals surface area contributed by atoms with Gasteiger partial charge < -0.3 is 10.1 Å². The van der Waals surface area contributed by atoms with Crippen LogP contribution in [0.1, 0.15) is 17.8 Å². The third-order valence-corrected chi connectivity index (χ3v) is 6.67. The number of pyridine rings is 2. The summed E-state index contributed by atoms with van der Waals surface area (Å²) in [5.74, 6) is 0.641. The Bertz CT molecular complexity index is 1040. The number of anilines is 1. The summed E-state index contributed by atoms with van der Waals surface area (Å²) in [5, 5.41) is 4.96. The highest BCUT2D eigenvalue weighted by atomic mass is 32.1. The molecular formula is C21H23N5O2S. The van der Waals surface area contributed by atoms with Gasteiger partial charge in [-0.2, -0.15) is 0 Å². The van der Waals surface area contributed by atoms with Gasteiger partial charge in [-0.1, -0.05) is 0 Å². The number of nitrogens with one attached hydrogen (secondary N) is 1. The second-order valence-corrected chi connectivity index (χ2v) is 8.93. The van der Waals surface area contributed by atoms with Gasteiger partial charge in [0, 0.05) is 29.8 Å². The van der Waals surface area contributed by atoms with Gasteiger partial charge >= 0.3 is 0 Å². The summed E-state index contributed by atoms with van der Waals surface area (Å²) in [7, 11) is 0. The van der Waals surface area contributed by atoms with Crippen LogP contribution in [0, 0.1) is 12.8 Å². The SMILES string of the molecule is Cc1ncc(-c2ccc3cnc(NC(=O)C4CCN(C5COC5)CC4)cc3n2)s1. The van der Waals surface area contributed by atoms with Crippen molar-refractivity contribution in [1.82, 2.24) is 19.9 Å². The molecule has 0 aromatic carbocycles. The van der Waals surface area contributed by atoms with Gasteiger partial charge in [0.25, 0.3) is 0 Å². The Hall–Kier alpha value is -2.42. The first kappa shape index (κ1) is 18.6. The average Bonchev–Trinajstić information content (AvgIpc) is 3.13. The monoisotopic (exact) mass is 409 g/mol. The summed E-state index contributed by atoms with van der Waals surface area (Å²) in [4.78, 5) is 29.7. The molecule has 1 amide bonds. The minimum absolute atomic E-state index is 0.0317. The quantitative estimate of drug-likeness (QED) is 0.713. The minimum Gasteiger partial charge on any atom is -0.378 e. The number of aromatic nitrogens is 3. The zero-order valence-corrected chi connectivity index (χ0v) is 17.1. The van der Waals surface area contributed by atoms with E-state index in [1.165, 1.54) is 0 Å². The molecule has 2 fully saturated rings. The highest BCUT2D eigenvalue weighted by Gasteiger charge is 2.32. The normalized spacial score (nSPS) is 18.7. The Labute approximate surface area is 173 Å². The van der Waals surface area contributed by atoms with Crippen LogP contribution in [0.4, 0.5) is 5.82 Å². The summed E-state index contributed by atoms with van der Waals surface area (Å²) in [6.45, 7) is 5.55. The summed E-state index contributed by atoms with van der Waals surface area (Å²) in [6, 6.07) is 6.39. The molecule has 5 heterocycles. The number of hydrogen-bond donors (Lipinski definition) is 1. The smallest absolute Gasteiger partial charge is 0.228 e. The zero-order chi connectivity index (χ0) is 19.8. The van der Waals surface area contributed by atoms with E-state index in [0.717, 1.165) is 65.6 Å². The lowest BCUT2D eigenvalue weighted by atomic mass is 9.94. The van der Waals surface area contributed by atoms with Crippen LogP contribution in [0.15, 0.2) is 30.6 Å². The number of aryl methyl sites for hydroxylation is 1. The number of rotatable bonds is 4. The Morgan fingerprint density at radius 2 is 2.03 bits per heavy atom. The van der Waals surface area contributed by atoms with Gasteiger partial charge in [0.2, 0.25) is 5.91 Å². The molecule has 0 bridgehead atoms. The Morgan fingerprint density at radius 3 is 2.72 bits per heavy atom. The fourth-order valence-corrected chi connectivity index (χ4v) is 4.64. The van der Waals surface area contributed by atoms with Crippen molar-refractivity contribution >= 4 is 34.0 Å². The standard InChI is InChI=1S/C21H23N5O2S/c1-13-22-10-19(29-13)17-3-2-15-9-23-20(8-18(15)24-17)25-21(27)14-4-6-26(7-5-14)16-11-28-12-16/h2-3,8-10,14,16H,4-7,11-12H2,1H3,(H,23,25,27). The second-order valence-electron chi connectivity index (χ2n) is 7.69. The lowest BCUT2D eigenvalue weighted by Crippen LogP contribution is -2.52. The van der Waals surface area contributed by atoms with Crippen LogP contribution in [-0.2, 0) is 9.53 Å². The number of likely N-dealkylation sites (tertiary alicyclic amines) is 1. The van der Waals surface area contributed by atoms with E-state index < -0.39 is 0 Å². The van der Waals surface area contributed by atoms with Crippen LogP contribution >= 0.6 is 11.3 Å². The topological polar surface area (TPSA) is 80.2 Å². The van der Waals surface area contributed by atoms with Crippen LogP contribution in [0.2, 0.25) is 0 Å². The average molecular weight is 410 g/mol. The molecule has 0 spiro atoms. The van der Waals surface area contributed by atoms with Gasteiger partial charge in [-0.25, -0.2) is 15.0 Å². The van der Waals surface area contributed by atoms with Crippen molar-refractivity contribution in [3.63, 3.8) is 0 Å². The van der Waals surface area contributed by atoms with Crippen molar-refractivity contribution in [3.8, 4) is 10.6 Å². The van der Waals surface area contributed by atoms with E-state index in [2.05, 4.69) is 20.2 Å². The van der Waals surface area contributed by atoms with Crippen molar-refractivity contribution < 1.29 is 9.53 Å². The fraction of sp³-hybridized carbons (Fsp3) is 0.429. The lowest BCUT2D eigenvalue weighted by Gasteiger charge is -2.41. The molecule has 0 atom stereocenters. The Morgan fingerprint density at radius 1 is 1.21 bits per heavy atom. The lowest BCUT2D eigenvalue weighted by molar-refractivity contribution is -0.123. The van der Waals surface area contributed by atoms with Gasteiger partial charge in [0.15, 0.2) is 0 Å². The first-order valence-corrected chi connectivity index (χ1v) is 10.8. The van der Waals surface area contributed by atoms with Crippen molar-refractivity contribution in [2.75, 3.05) is 31.6 Å². The number of ether oxygens (including phenoxy) is 1. The molecule has 0 aliphatic carbocycles. The molecule has 3 aromatic heterocycles. The maximum atomic E-state index is 12.7. The largest absolute Gasteiger partial charge is 0.378 e. The predicted molar refractivity (Wildman–Crippen MR) is 113 cm³/mol. The molecule has 2 aliphatic heterocycles.